The van der Waals surface area contributed by atoms with Gasteiger partial charge in [0.1, 0.15) is 0 Å². The molecule has 6 heteroatoms. The third-order valence-corrected chi connectivity index (χ3v) is 3.13. The predicted molar refractivity (Wildman–Crippen MR) is 75.8 cm³/mol. The Labute approximate surface area is 215 Å². The second-order valence-corrected chi connectivity index (χ2v) is 4.77. The molecule has 0 saturated carbocycles. The number of aliphatic carboxylic acids is 1. The molecular formula is C15H13K2NO2S. The molecule has 0 N–H and O–H groups in total. The van der Waals surface area contributed by atoms with Crippen molar-refractivity contribution in [3.05, 3.63) is 48.5 Å². The topological polar surface area (TPSA) is 43.4 Å². The molecule has 0 heterocycles. The number of anilines is 1. The minimum Gasteiger partial charge on any atom is -0.780 e. The Hall–Kier alpha value is 1.20. The van der Waals surface area contributed by atoms with E-state index in [1.54, 1.807) is 11.9 Å². The van der Waals surface area contributed by atoms with Crippen LogP contribution in [0, 0.1) is 0 Å². The summed E-state index contributed by atoms with van der Waals surface area (Å²) in [5.74, 6) is -1.09. The SMILES string of the molecule is CN(CC(=O)[O-])c1ccc(-c2ccc([S-])cc2)cc1.[K+].[K+]. The molecule has 21 heavy (non-hydrogen) atoms. The molecule has 0 aromatic heterocycles. The molecule has 2 aromatic carbocycles. The van der Waals surface area contributed by atoms with Gasteiger partial charge in [-0.2, -0.15) is 4.90 Å². The van der Waals surface area contributed by atoms with Crippen LogP contribution in [0.4, 0.5) is 5.69 Å². The van der Waals surface area contributed by atoms with Gasteiger partial charge in [0.05, 0.1) is 12.5 Å². The monoisotopic (exact) mass is 349 g/mol. The van der Waals surface area contributed by atoms with E-state index in [4.69, 9.17) is 12.6 Å². The van der Waals surface area contributed by atoms with E-state index >= 15 is 0 Å². The van der Waals surface area contributed by atoms with E-state index in [0.717, 1.165) is 21.7 Å². The van der Waals surface area contributed by atoms with Crippen LogP contribution >= 0.6 is 0 Å². The number of likely N-dealkylation sites (N-methyl/N-ethyl adjacent to an activating group) is 1. The number of carboxylic acids is 1. The van der Waals surface area contributed by atoms with Gasteiger partial charge in [0, 0.05) is 12.7 Å². The van der Waals surface area contributed by atoms with Crippen molar-refractivity contribution in [2.24, 2.45) is 0 Å². The molecule has 0 radical (unpaired) electrons. The third-order valence-electron chi connectivity index (χ3n) is 2.86. The van der Waals surface area contributed by atoms with Crippen LogP contribution in [-0.4, -0.2) is 19.6 Å². The summed E-state index contributed by atoms with van der Waals surface area (Å²) in [6.07, 6.45) is 0. The summed E-state index contributed by atoms with van der Waals surface area (Å²) in [6, 6.07) is 15.4. The van der Waals surface area contributed by atoms with Gasteiger partial charge in [-0.05, 0) is 23.3 Å². The Morgan fingerprint density at radius 3 is 1.86 bits per heavy atom. The Morgan fingerprint density at radius 1 is 1.00 bits per heavy atom. The van der Waals surface area contributed by atoms with Gasteiger partial charge in [0.25, 0.3) is 0 Å². The summed E-state index contributed by atoms with van der Waals surface area (Å²) in [5, 5.41) is 10.5. The summed E-state index contributed by atoms with van der Waals surface area (Å²) in [4.78, 5) is 13.0. The molecule has 0 unspecified atom stereocenters. The summed E-state index contributed by atoms with van der Waals surface area (Å²) in [7, 11) is 1.72. The van der Waals surface area contributed by atoms with Crippen LogP contribution in [0.3, 0.4) is 0 Å². The fourth-order valence-corrected chi connectivity index (χ4v) is 1.98. The standard InChI is InChI=1S/C15H15NO2S.2K/c1-16(10-15(17)18)13-6-2-11(3-7-13)12-4-8-14(19)9-5-12;;/h2-9,19H,10H2,1H3,(H,17,18);;/q;2*+1/p-2. The zero-order chi connectivity index (χ0) is 13.8. The van der Waals surface area contributed by atoms with Crippen molar-refractivity contribution in [1.29, 1.82) is 0 Å². The molecule has 0 aliphatic rings. The second-order valence-electron chi connectivity index (χ2n) is 4.30. The maximum absolute atomic E-state index is 10.5. The van der Waals surface area contributed by atoms with Gasteiger partial charge >= 0.3 is 103 Å². The largest absolute Gasteiger partial charge is 1.00 e. The maximum Gasteiger partial charge on any atom is 1.00 e. The summed E-state index contributed by atoms with van der Waals surface area (Å²) in [5.41, 5.74) is 3.00. The number of carbonyl (C=O) groups excluding carboxylic acids is 1. The Kier molecular flexibility index (Phi) is 11.5. The van der Waals surface area contributed by atoms with Gasteiger partial charge < -0.3 is 27.4 Å². The van der Waals surface area contributed by atoms with Crippen LogP contribution in [0.2, 0.25) is 0 Å². The van der Waals surface area contributed by atoms with E-state index in [-0.39, 0.29) is 109 Å². The molecule has 0 saturated heterocycles. The summed E-state index contributed by atoms with van der Waals surface area (Å²) >= 11 is 5.05. The molecule has 2 rings (SSSR count). The van der Waals surface area contributed by atoms with Crippen LogP contribution in [0.5, 0.6) is 0 Å². The molecular weight excluding hydrogens is 336 g/mol. The molecule has 0 bridgehead atoms. The van der Waals surface area contributed by atoms with E-state index in [0.29, 0.717) is 0 Å². The fraction of sp³-hybridized carbons (Fsp3) is 0.133. The predicted octanol–water partition coefficient (Wildman–Crippen LogP) is -4.55. The molecule has 0 aliphatic heterocycles. The molecule has 3 nitrogen and oxygen atoms in total. The zero-order valence-corrected chi connectivity index (χ0v) is 19.6. The molecule has 0 aliphatic carbocycles. The van der Waals surface area contributed by atoms with E-state index in [2.05, 4.69) is 0 Å². The first-order chi connectivity index (χ1) is 9.06. The number of rotatable bonds is 4. The van der Waals surface area contributed by atoms with Gasteiger partial charge in [0.2, 0.25) is 0 Å². The van der Waals surface area contributed by atoms with E-state index in [1.165, 1.54) is 0 Å². The van der Waals surface area contributed by atoms with Crippen molar-refractivity contribution < 1.29 is 113 Å². The van der Waals surface area contributed by atoms with Crippen LogP contribution in [0.15, 0.2) is 53.4 Å². The average molecular weight is 350 g/mol. The molecule has 0 spiro atoms. The molecule has 0 fully saturated rings. The normalized spacial score (nSPS) is 9.19. The number of nitrogens with zero attached hydrogens (tertiary/aromatic N) is 1. The summed E-state index contributed by atoms with van der Waals surface area (Å²) < 4.78 is 0. The third kappa shape index (κ3) is 7.09. The van der Waals surface area contributed by atoms with Crippen LogP contribution < -0.4 is 113 Å². The van der Waals surface area contributed by atoms with Crippen LogP contribution in [-0.2, 0) is 17.4 Å². The smallest absolute Gasteiger partial charge is 0.780 e. The van der Waals surface area contributed by atoms with Crippen molar-refractivity contribution in [2.75, 3.05) is 18.5 Å². The van der Waals surface area contributed by atoms with Crippen molar-refractivity contribution in [3.8, 4) is 11.1 Å². The Morgan fingerprint density at radius 2 is 1.43 bits per heavy atom. The number of benzene rings is 2. The van der Waals surface area contributed by atoms with Gasteiger partial charge in [-0.3, -0.25) is 0 Å². The number of hydrogen-bond acceptors (Lipinski definition) is 4. The van der Waals surface area contributed by atoms with Crippen molar-refractivity contribution in [3.63, 3.8) is 0 Å². The first kappa shape index (κ1) is 22.2. The van der Waals surface area contributed by atoms with E-state index in [1.807, 2.05) is 48.5 Å². The quantitative estimate of drug-likeness (QED) is 0.412. The van der Waals surface area contributed by atoms with Crippen LogP contribution in [0.1, 0.15) is 0 Å². The number of hydrogen-bond donors (Lipinski definition) is 0. The number of carboxylic acid groups (broad SMARTS) is 1. The van der Waals surface area contributed by atoms with Crippen LogP contribution in [0.25, 0.3) is 11.1 Å². The van der Waals surface area contributed by atoms with Gasteiger partial charge in [-0.25, -0.2) is 0 Å². The molecule has 98 valence electrons. The number of carbonyl (C=O) groups is 1. The zero-order valence-electron chi connectivity index (χ0n) is 12.5. The van der Waals surface area contributed by atoms with Crippen molar-refractivity contribution in [1.82, 2.24) is 0 Å². The minimum atomic E-state index is -1.09. The molecule has 0 amide bonds. The van der Waals surface area contributed by atoms with E-state index < -0.39 is 5.97 Å². The van der Waals surface area contributed by atoms with Gasteiger partial charge in [-0.15, -0.1) is 0 Å². The fourth-order valence-electron chi connectivity index (χ4n) is 1.84. The Bertz CT molecular complexity index is 573. The maximum atomic E-state index is 10.5. The van der Waals surface area contributed by atoms with Gasteiger partial charge in [0.15, 0.2) is 0 Å². The first-order valence-electron chi connectivity index (χ1n) is 5.85. The van der Waals surface area contributed by atoms with E-state index in [9.17, 15) is 9.90 Å². The minimum absolute atomic E-state index is 0. The van der Waals surface area contributed by atoms with Gasteiger partial charge in [-0.1, -0.05) is 36.4 Å². The Balaban J connectivity index is 0.00000200. The van der Waals surface area contributed by atoms with Crippen molar-refractivity contribution >= 4 is 24.3 Å². The summed E-state index contributed by atoms with van der Waals surface area (Å²) in [6.45, 7) is -0.121. The first-order valence-corrected chi connectivity index (χ1v) is 6.25. The van der Waals surface area contributed by atoms with Crippen molar-refractivity contribution in [2.45, 2.75) is 4.90 Å². The molecule has 0 atom stereocenters. The average Bonchev–Trinajstić information content (AvgIpc) is 2.39. The molecule has 2 aromatic rings. The second kappa shape index (κ2) is 10.9.